The minimum absolute atomic E-state index is 0.119. The van der Waals surface area contributed by atoms with Gasteiger partial charge in [-0.25, -0.2) is 14.8 Å². The Morgan fingerprint density at radius 1 is 1.44 bits per heavy atom. The molecule has 2 atom stereocenters. The highest BCUT2D eigenvalue weighted by Gasteiger charge is 2.34. The first-order valence-electron chi connectivity index (χ1n) is 7.94. The molecule has 1 aromatic carbocycles. The molecule has 0 saturated carbocycles. The van der Waals surface area contributed by atoms with E-state index < -0.39 is 23.7 Å². The molecule has 0 radical (unpaired) electrons. The lowest BCUT2D eigenvalue weighted by atomic mass is 9.99. The summed E-state index contributed by atoms with van der Waals surface area (Å²) in [6.07, 6.45) is 0. The van der Waals surface area contributed by atoms with Crippen molar-refractivity contribution < 1.29 is 19.1 Å². The van der Waals surface area contributed by atoms with E-state index >= 15 is 0 Å². The number of aliphatic carboxylic acids is 1. The molecule has 9 heteroatoms. The number of rotatable bonds is 5. The third-order valence-corrected chi connectivity index (χ3v) is 3.90. The first kappa shape index (κ1) is 19.3. The Balaban J connectivity index is 2.20. The summed E-state index contributed by atoms with van der Waals surface area (Å²) in [5.74, 6) is -2.33. The monoisotopic (exact) mass is 353 g/mol. The molecule has 1 aliphatic rings. The van der Waals surface area contributed by atoms with Crippen LogP contribution in [-0.4, -0.2) is 46.7 Å². The highest BCUT2D eigenvalue weighted by molar-refractivity contribution is 5.94. The van der Waals surface area contributed by atoms with Crippen molar-refractivity contribution >= 4 is 11.9 Å². The zero-order valence-electron chi connectivity index (χ0n) is 14.5. The smallest absolute Gasteiger partial charge is 0.322 e. The van der Waals surface area contributed by atoms with Crippen molar-refractivity contribution in [3.05, 3.63) is 35.1 Å². The molecule has 1 fully saturated rings. The Morgan fingerprint density at radius 2 is 2.12 bits per heavy atom. The number of benzene rings is 1. The molecule has 1 heterocycles. The van der Waals surface area contributed by atoms with Crippen LogP contribution in [0.1, 0.15) is 42.7 Å². The molecule has 8 nitrogen and oxygen atoms in total. The van der Waals surface area contributed by atoms with Crippen LogP contribution in [0.25, 0.3) is 0 Å². The number of carbonyl (C=O) groups is 2. The standard InChI is InChI=1S/C16H24FN5O3/c1-16(2,3)22-13(8-20-21-22)9-4-10(6-11(17)5-9)14(23)19-7-12(18)15(24)25/h4-6,12-13,20-21H,7-8,18H2,1-3H3,(H,19,23)(H,24,25)/t12-,13?/m1/s1. The number of amides is 1. The summed E-state index contributed by atoms with van der Waals surface area (Å²) in [6.45, 7) is 6.35. The van der Waals surface area contributed by atoms with Crippen LogP contribution in [0.15, 0.2) is 18.2 Å². The van der Waals surface area contributed by atoms with Crippen molar-refractivity contribution in [2.24, 2.45) is 5.73 Å². The van der Waals surface area contributed by atoms with Gasteiger partial charge in [-0.3, -0.25) is 9.59 Å². The van der Waals surface area contributed by atoms with E-state index in [1.165, 1.54) is 6.07 Å². The number of carboxylic acids is 1. The van der Waals surface area contributed by atoms with Gasteiger partial charge in [0.15, 0.2) is 0 Å². The summed E-state index contributed by atoms with van der Waals surface area (Å²) in [6, 6.07) is 2.73. The average molecular weight is 353 g/mol. The normalized spacial score (nSPS) is 19.6. The second-order valence-corrected chi connectivity index (χ2v) is 6.98. The van der Waals surface area contributed by atoms with Crippen LogP contribution in [0.5, 0.6) is 0 Å². The van der Waals surface area contributed by atoms with Gasteiger partial charge >= 0.3 is 5.97 Å². The maximum absolute atomic E-state index is 14.0. The summed E-state index contributed by atoms with van der Waals surface area (Å²) in [5.41, 5.74) is 12.0. The number of halogens is 1. The zero-order valence-corrected chi connectivity index (χ0v) is 14.5. The van der Waals surface area contributed by atoms with E-state index in [1.807, 2.05) is 25.8 Å². The van der Waals surface area contributed by atoms with Gasteiger partial charge < -0.3 is 16.2 Å². The van der Waals surface area contributed by atoms with Crippen molar-refractivity contribution in [2.45, 2.75) is 38.4 Å². The summed E-state index contributed by atoms with van der Waals surface area (Å²) in [5, 5.41) is 13.1. The lowest BCUT2D eigenvalue weighted by Crippen LogP contribution is -2.49. The van der Waals surface area contributed by atoms with E-state index in [1.54, 1.807) is 6.07 Å². The lowest BCUT2D eigenvalue weighted by Gasteiger charge is -2.35. The third-order valence-electron chi connectivity index (χ3n) is 3.90. The van der Waals surface area contributed by atoms with E-state index in [-0.39, 0.29) is 23.7 Å². The van der Waals surface area contributed by atoms with E-state index in [0.717, 1.165) is 6.07 Å². The van der Waals surface area contributed by atoms with Crippen LogP contribution in [0.2, 0.25) is 0 Å². The zero-order chi connectivity index (χ0) is 18.8. The molecule has 0 bridgehead atoms. The highest BCUT2D eigenvalue weighted by Crippen LogP contribution is 2.29. The van der Waals surface area contributed by atoms with Gasteiger partial charge in [-0.1, -0.05) is 0 Å². The van der Waals surface area contributed by atoms with Crippen LogP contribution < -0.4 is 22.0 Å². The maximum Gasteiger partial charge on any atom is 0.322 e. The first-order chi connectivity index (χ1) is 11.6. The summed E-state index contributed by atoms with van der Waals surface area (Å²) < 4.78 is 14.0. The molecule has 0 aliphatic carbocycles. The Hall–Kier alpha value is -2.07. The number of carboxylic acid groups (broad SMARTS) is 1. The second-order valence-electron chi connectivity index (χ2n) is 6.98. The molecule has 25 heavy (non-hydrogen) atoms. The van der Waals surface area contributed by atoms with Gasteiger partial charge in [0.25, 0.3) is 5.91 Å². The molecule has 0 aromatic heterocycles. The number of carbonyl (C=O) groups excluding carboxylic acids is 1. The number of hydrogen-bond donors (Lipinski definition) is 5. The summed E-state index contributed by atoms with van der Waals surface area (Å²) in [4.78, 5) is 22.9. The fraction of sp³-hybridized carbons (Fsp3) is 0.500. The SMILES string of the molecule is CC(C)(C)N1NNCC1c1cc(F)cc(C(=O)NC[C@@H](N)C(=O)O)c1. The van der Waals surface area contributed by atoms with Gasteiger partial charge in [-0.2, -0.15) is 5.53 Å². The number of nitrogens with two attached hydrogens (primary N) is 1. The lowest BCUT2D eigenvalue weighted by molar-refractivity contribution is -0.138. The number of nitrogens with zero attached hydrogens (tertiary/aromatic N) is 1. The van der Waals surface area contributed by atoms with Crippen molar-refractivity contribution in [1.82, 2.24) is 21.3 Å². The summed E-state index contributed by atoms with van der Waals surface area (Å²) in [7, 11) is 0. The molecule has 1 aliphatic heterocycles. The van der Waals surface area contributed by atoms with Gasteiger partial charge in [-0.05, 0) is 44.5 Å². The third kappa shape index (κ3) is 4.73. The topological polar surface area (TPSA) is 120 Å². The van der Waals surface area contributed by atoms with Gasteiger partial charge in [0.05, 0.1) is 6.04 Å². The van der Waals surface area contributed by atoms with Gasteiger partial charge in [-0.15, -0.1) is 0 Å². The highest BCUT2D eigenvalue weighted by atomic mass is 19.1. The van der Waals surface area contributed by atoms with Crippen molar-refractivity contribution in [3.63, 3.8) is 0 Å². The Bertz CT molecular complexity index is 662. The van der Waals surface area contributed by atoms with Crippen molar-refractivity contribution in [2.75, 3.05) is 13.1 Å². The van der Waals surface area contributed by atoms with E-state index in [4.69, 9.17) is 10.8 Å². The van der Waals surface area contributed by atoms with Crippen LogP contribution in [0, 0.1) is 5.82 Å². The molecular weight excluding hydrogens is 329 g/mol. The quantitative estimate of drug-likeness (QED) is 0.510. The molecule has 1 saturated heterocycles. The number of nitrogens with one attached hydrogen (secondary N) is 3. The van der Waals surface area contributed by atoms with E-state index in [0.29, 0.717) is 12.1 Å². The van der Waals surface area contributed by atoms with Gasteiger partial charge in [0, 0.05) is 24.2 Å². The molecule has 6 N–H and O–H groups in total. The van der Waals surface area contributed by atoms with Crippen LogP contribution in [0.3, 0.4) is 0 Å². The molecular formula is C16H24FN5O3. The maximum atomic E-state index is 14.0. The van der Waals surface area contributed by atoms with Crippen LogP contribution in [-0.2, 0) is 4.79 Å². The molecule has 1 unspecified atom stereocenters. The predicted molar refractivity (Wildman–Crippen MR) is 89.8 cm³/mol. The van der Waals surface area contributed by atoms with Crippen molar-refractivity contribution in [3.8, 4) is 0 Å². The largest absolute Gasteiger partial charge is 0.480 e. The number of hydrogen-bond acceptors (Lipinski definition) is 6. The minimum atomic E-state index is -1.22. The van der Waals surface area contributed by atoms with Crippen LogP contribution in [0.4, 0.5) is 4.39 Å². The molecule has 1 amide bonds. The fourth-order valence-electron chi connectivity index (χ4n) is 2.63. The van der Waals surface area contributed by atoms with Gasteiger partial charge in [0.1, 0.15) is 11.9 Å². The second kappa shape index (κ2) is 7.44. The molecule has 138 valence electrons. The molecule has 0 spiro atoms. The van der Waals surface area contributed by atoms with Gasteiger partial charge in [0.2, 0.25) is 0 Å². The Kier molecular flexibility index (Phi) is 5.73. The molecule has 2 rings (SSSR count). The average Bonchev–Trinajstić information content (AvgIpc) is 3.01. The molecule has 1 aromatic rings. The summed E-state index contributed by atoms with van der Waals surface area (Å²) >= 11 is 0. The van der Waals surface area contributed by atoms with Crippen LogP contribution >= 0.6 is 0 Å². The van der Waals surface area contributed by atoms with E-state index in [2.05, 4.69) is 16.3 Å². The fourth-order valence-corrected chi connectivity index (χ4v) is 2.63. The minimum Gasteiger partial charge on any atom is -0.480 e. The van der Waals surface area contributed by atoms with Crippen molar-refractivity contribution in [1.29, 1.82) is 0 Å². The Labute approximate surface area is 145 Å². The Morgan fingerprint density at radius 3 is 2.72 bits per heavy atom. The number of hydrazine groups is 2. The predicted octanol–water partition coefficient (Wildman–Crippen LogP) is 0.132. The van der Waals surface area contributed by atoms with E-state index in [9.17, 15) is 14.0 Å². The first-order valence-corrected chi connectivity index (χ1v) is 7.94.